The van der Waals surface area contributed by atoms with Gasteiger partial charge >= 0.3 is 0 Å². The van der Waals surface area contributed by atoms with Gasteiger partial charge < -0.3 is 0 Å². The van der Waals surface area contributed by atoms with Crippen LogP contribution in [-0.2, 0) is 4.75 Å². The fraction of sp³-hybridized carbons (Fsp3) is 0.294. The van der Waals surface area contributed by atoms with Gasteiger partial charge in [0.15, 0.2) is 0 Å². The van der Waals surface area contributed by atoms with Gasteiger partial charge in [-0.15, -0.1) is 11.8 Å². The summed E-state index contributed by atoms with van der Waals surface area (Å²) in [5.74, 6) is 0. The molecule has 0 saturated carbocycles. The molecule has 2 aromatic rings. The second-order valence-electron chi connectivity index (χ2n) is 4.87. The van der Waals surface area contributed by atoms with Gasteiger partial charge in [-0.1, -0.05) is 55.0 Å². The summed E-state index contributed by atoms with van der Waals surface area (Å²) in [6.45, 7) is 6.71. The van der Waals surface area contributed by atoms with E-state index in [-0.39, 0.29) is 4.75 Å². The molecule has 0 aliphatic rings. The van der Waals surface area contributed by atoms with E-state index in [1.807, 2.05) is 11.8 Å². The van der Waals surface area contributed by atoms with Crippen molar-refractivity contribution in [1.29, 1.82) is 0 Å². The molecule has 2 rings (SSSR count). The first kappa shape index (κ1) is 13.2. The van der Waals surface area contributed by atoms with E-state index in [0.29, 0.717) is 0 Å². The molecule has 0 radical (unpaired) electrons. The van der Waals surface area contributed by atoms with Crippen LogP contribution in [0, 0.1) is 6.92 Å². The van der Waals surface area contributed by atoms with Crippen molar-refractivity contribution >= 4 is 11.8 Å². The Labute approximate surface area is 114 Å². The maximum atomic E-state index is 2.33. The number of aryl methyl sites for hydroxylation is 1. The first-order chi connectivity index (χ1) is 8.64. The average Bonchev–Trinajstić information content (AvgIpc) is 2.42. The zero-order valence-corrected chi connectivity index (χ0v) is 12.1. The molecule has 0 bridgehead atoms. The third kappa shape index (κ3) is 2.97. The molecule has 0 heterocycles. The number of hydrogen-bond acceptors (Lipinski definition) is 1. The number of hydrogen-bond donors (Lipinski definition) is 0. The van der Waals surface area contributed by atoms with Gasteiger partial charge in [0.2, 0.25) is 0 Å². The molecular formula is C17H20S. The smallest absolute Gasteiger partial charge is 0.0424 e. The Hall–Kier alpha value is -1.21. The van der Waals surface area contributed by atoms with Crippen LogP contribution in [0.3, 0.4) is 0 Å². The molecular weight excluding hydrogens is 236 g/mol. The number of rotatable bonds is 4. The van der Waals surface area contributed by atoms with Crippen molar-refractivity contribution in [2.75, 3.05) is 0 Å². The third-order valence-electron chi connectivity index (χ3n) is 3.42. The zero-order chi connectivity index (χ0) is 13.0. The van der Waals surface area contributed by atoms with E-state index in [0.717, 1.165) is 6.42 Å². The minimum absolute atomic E-state index is 0.149. The molecule has 94 valence electrons. The Balaban J connectivity index is 2.26. The summed E-state index contributed by atoms with van der Waals surface area (Å²) in [5.41, 5.74) is 2.72. The highest BCUT2D eigenvalue weighted by Gasteiger charge is 2.25. The first-order valence-electron chi connectivity index (χ1n) is 6.45. The predicted octanol–water partition coefficient (Wildman–Crippen LogP) is 5.41. The molecule has 1 unspecified atom stereocenters. The molecule has 1 atom stereocenters. The summed E-state index contributed by atoms with van der Waals surface area (Å²) in [6, 6.07) is 19.6. The van der Waals surface area contributed by atoms with Crippen molar-refractivity contribution < 1.29 is 0 Å². The maximum absolute atomic E-state index is 2.33. The lowest BCUT2D eigenvalue weighted by atomic mass is 9.98. The van der Waals surface area contributed by atoms with Crippen molar-refractivity contribution in [3.63, 3.8) is 0 Å². The highest BCUT2D eigenvalue weighted by molar-refractivity contribution is 8.00. The minimum atomic E-state index is 0.149. The van der Waals surface area contributed by atoms with E-state index < -0.39 is 0 Å². The van der Waals surface area contributed by atoms with Gasteiger partial charge in [-0.2, -0.15) is 0 Å². The van der Waals surface area contributed by atoms with Gasteiger partial charge in [-0.05, 0) is 38.0 Å². The van der Waals surface area contributed by atoms with Gasteiger partial charge in [0, 0.05) is 9.64 Å². The quantitative estimate of drug-likeness (QED) is 0.659. The molecule has 0 N–H and O–H groups in total. The van der Waals surface area contributed by atoms with Crippen LogP contribution in [0.1, 0.15) is 31.4 Å². The molecule has 0 aliphatic carbocycles. The summed E-state index contributed by atoms with van der Waals surface area (Å²) in [5, 5.41) is 0. The Bertz CT molecular complexity index is 487. The SMILES string of the molecule is CCC(C)(Sc1ccc(C)cc1)c1ccccc1. The van der Waals surface area contributed by atoms with Crippen LogP contribution in [0.25, 0.3) is 0 Å². The van der Waals surface area contributed by atoms with Crippen LogP contribution in [0.4, 0.5) is 0 Å². The second kappa shape index (κ2) is 5.62. The standard InChI is InChI=1S/C17H20S/c1-4-17(3,15-8-6-5-7-9-15)18-16-12-10-14(2)11-13-16/h5-13H,4H2,1-3H3. The van der Waals surface area contributed by atoms with Crippen LogP contribution in [0.5, 0.6) is 0 Å². The Kier molecular flexibility index (Phi) is 4.13. The summed E-state index contributed by atoms with van der Waals surface area (Å²) in [4.78, 5) is 1.34. The van der Waals surface area contributed by atoms with E-state index in [1.165, 1.54) is 16.0 Å². The van der Waals surface area contributed by atoms with Crippen LogP contribution >= 0.6 is 11.8 Å². The average molecular weight is 256 g/mol. The molecule has 18 heavy (non-hydrogen) atoms. The van der Waals surface area contributed by atoms with Crippen LogP contribution in [-0.4, -0.2) is 0 Å². The lowest BCUT2D eigenvalue weighted by molar-refractivity contribution is 0.664. The maximum Gasteiger partial charge on any atom is 0.0424 e. The van der Waals surface area contributed by atoms with Gasteiger partial charge in [0.25, 0.3) is 0 Å². The van der Waals surface area contributed by atoms with Gasteiger partial charge in [0.05, 0.1) is 0 Å². The summed E-state index contributed by atoms with van der Waals surface area (Å²) in [6.07, 6.45) is 1.12. The Morgan fingerprint density at radius 1 is 0.944 bits per heavy atom. The van der Waals surface area contributed by atoms with E-state index >= 15 is 0 Å². The molecule has 1 heteroatoms. The van der Waals surface area contributed by atoms with Crippen molar-refractivity contribution in [3.8, 4) is 0 Å². The second-order valence-corrected chi connectivity index (χ2v) is 6.44. The van der Waals surface area contributed by atoms with E-state index in [4.69, 9.17) is 0 Å². The lowest BCUT2D eigenvalue weighted by Crippen LogP contribution is -2.15. The molecule has 0 aromatic heterocycles. The topological polar surface area (TPSA) is 0 Å². The monoisotopic (exact) mass is 256 g/mol. The van der Waals surface area contributed by atoms with Gasteiger partial charge in [0.1, 0.15) is 0 Å². The Morgan fingerprint density at radius 2 is 1.56 bits per heavy atom. The Morgan fingerprint density at radius 3 is 2.11 bits per heavy atom. The highest BCUT2D eigenvalue weighted by atomic mass is 32.2. The molecule has 0 spiro atoms. The molecule has 0 fully saturated rings. The molecule has 0 aliphatic heterocycles. The van der Waals surface area contributed by atoms with Crippen molar-refractivity contribution in [2.24, 2.45) is 0 Å². The summed E-state index contributed by atoms with van der Waals surface area (Å²) < 4.78 is 0.149. The summed E-state index contributed by atoms with van der Waals surface area (Å²) >= 11 is 1.95. The molecule has 0 nitrogen and oxygen atoms in total. The van der Waals surface area contributed by atoms with Crippen LogP contribution in [0.15, 0.2) is 59.5 Å². The lowest BCUT2D eigenvalue weighted by Gasteiger charge is -2.28. The fourth-order valence-corrected chi connectivity index (χ4v) is 3.18. The van der Waals surface area contributed by atoms with E-state index in [1.54, 1.807) is 0 Å². The van der Waals surface area contributed by atoms with Crippen molar-refractivity contribution in [1.82, 2.24) is 0 Å². The van der Waals surface area contributed by atoms with Crippen molar-refractivity contribution in [2.45, 2.75) is 36.8 Å². The van der Waals surface area contributed by atoms with E-state index in [2.05, 4.69) is 75.4 Å². The van der Waals surface area contributed by atoms with E-state index in [9.17, 15) is 0 Å². The highest BCUT2D eigenvalue weighted by Crippen LogP contribution is 2.43. The van der Waals surface area contributed by atoms with Gasteiger partial charge in [-0.25, -0.2) is 0 Å². The molecule has 0 amide bonds. The van der Waals surface area contributed by atoms with Gasteiger partial charge in [-0.3, -0.25) is 0 Å². The first-order valence-corrected chi connectivity index (χ1v) is 7.27. The number of benzene rings is 2. The minimum Gasteiger partial charge on any atom is -0.115 e. The molecule has 0 saturated heterocycles. The fourth-order valence-electron chi connectivity index (χ4n) is 1.99. The van der Waals surface area contributed by atoms with Crippen LogP contribution < -0.4 is 0 Å². The van der Waals surface area contributed by atoms with Crippen molar-refractivity contribution in [3.05, 3.63) is 65.7 Å². The third-order valence-corrected chi connectivity index (χ3v) is 4.91. The zero-order valence-electron chi connectivity index (χ0n) is 11.3. The normalized spacial score (nSPS) is 14.2. The predicted molar refractivity (Wildman–Crippen MR) is 81.1 cm³/mol. The molecule has 2 aromatic carbocycles. The largest absolute Gasteiger partial charge is 0.115 e. The summed E-state index contributed by atoms with van der Waals surface area (Å²) in [7, 11) is 0. The van der Waals surface area contributed by atoms with Crippen LogP contribution in [0.2, 0.25) is 0 Å². The number of thioether (sulfide) groups is 1.